The molecule has 1 fully saturated rings. The molecule has 1 aromatic rings. The van der Waals surface area contributed by atoms with E-state index in [2.05, 4.69) is 5.32 Å². The standard InChI is InChI=1S/C12H14ClN3O2/c1-6-3-9(14)8(13)4-10(6)16-5-11(17)15-12(18)7(16)2/h3-4,7H,5,14H2,1-2H3,(H,15,17,18). The number of nitrogens with one attached hydrogen (secondary N) is 1. The minimum atomic E-state index is -0.416. The Labute approximate surface area is 110 Å². The zero-order valence-electron chi connectivity index (χ0n) is 10.2. The van der Waals surface area contributed by atoms with Crippen molar-refractivity contribution < 1.29 is 9.59 Å². The maximum Gasteiger partial charge on any atom is 0.249 e. The highest BCUT2D eigenvalue weighted by Crippen LogP contribution is 2.31. The molecule has 1 saturated heterocycles. The molecule has 18 heavy (non-hydrogen) atoms. The fourth-order valence-electron chi connectivity index (χ4n) is 2.01. The van der Waals surface area contributed by atoms with Gasteiger partial charge in [0.15, 0.2) is 0 Å². The Morgan fingerprint density at radius 2 is 2.11 bits per heavy atom. The van der Waals surface area contributed by atoms with Gasteiger partial charge in [-0.2, -0.15) is 0 Å². The highest BCUT2D eigenvalue weighted by Gasteiger charge is 2.31. The Kier molecular flexibility index (Phi) is 3.17. The number of hydrogen-bond acceptors (Lipinski definition) is 4. The van der Waals surface area contributed by atoms with Gasteiger partial charge >= 0.3 is 0 Å². The zero-order valence-corrected chi connectivity index (χ0v) is 10.9. The molecule has 1 unspecified atom stereocenters. The molecule has 5 nitrogen and oxygen atoms in total. The van der Waals surface area contributed by atoms with Crippen LogP contribution in [0.5, 0.6) is 0 Å². The van der Waals surface area contributed by atoms with Crippen molar-refractivity contribution in [3.63, 3.8) is 0 Å². The van der Waals surface area contributed by atoms with Crippen LogP contribution in [-0.4, -0.2) is 24.4 Å². The Morgan fingerprint density at radius 3 is 2.78 bits per heavy atom. The molecule has 1 aromatic carbocycles. The fourth-order valence-corrected chi connectivity index (χ4v) is 2.17. The fraction of sp³-hybridized carbons (Fsp3) is 0.333. The molecular weight excluding hydrogens is 254 g/mol. The lowest BCUT2D eigenvalue weighted by Gasteiger charge is -2.34. The second-order valence-corrected chi connectivity index (χ2v) is 4.78. The monoisotopic (exact) mass is 267 g/mol. The van der Waals surface area contributed by atoms with Gasteiger partial charge in [-0.1, -0.05) is 11.6 Å². The highest BCUT2D eigenvalue weighted by atomic mass is 35.5. The lowest BCUT2D eigenvalue weighted by Crippen LogP contribution is -2.57. The molecule has 0 spiro atoms. The average Bonchev–Trinajstić information content (AvgIpc) is 2.29. The number of imide groups is 1. The zero-order chi connectivity index (χ0) is 13.4. The molecule has 1 atom stereocenters. The predicted molar refractivity (Wildman–Crippen MR) is 70.6 cm³/mol. The molecule has 1 heterocycles. The van der Waals surface area contributed by atoms with Gasteiger partial charge in [0.05, 0.1) is 17.3 Å². The summed E-state index contributed by atoms with van der Waals surface area (Å²) >= 11 is 5.99. The van der Waals surface area contributed by atoms with Gasteiger partial charge < -0.3 is 10.6 Å². The molecule has 0 aromatic heterocycles. The maximum atomic E-state index is 11.6. The quantitative estimate of drug-likeness (QED) is 0.590. The van der Waals surface area contributed by atoms with E-state index in [9.17, 15) is 9.59 Å². The summed E-state index contributed by atoms with van der Waals surface area (Å²) in [6.45, 7) is 3.74. The molecule has 1 aliphatic rings. The topological polar surface area (TPSA) is 75.4 Å². The van der Waals surface area contributed by atoms with Gasteiger partial charge in [0.2, 0.25) is 11.8 Å². The van der Waals surface area contributed by atoms with Gasteiger partial charge in [-0.25, -0.2) is 0 Å². The molecule has 0 radical (unpaired) electrons. The number of piperazine rings is 1. The van der Waals surface area contributed by atoms with Crippen molar-refractivity contribution in [2.24, 2.45) is 0 Å². The minimum Gasteiger partial charge on any atom is -0.398 e. The number of halogens is 1. The van der Waals surface area contributed by atoms with Crippen LogP contribution < -0.4 is 16.0 Å². The molecule has 2 rings (SSSR count). The summed E-state index contributed by atoms with van der Waals surface area (Å²) in [4.78, 5) is 24.8. The predicted octanol–water partition coefficient (Wildman–Crippen LogP) is 1.08. The molecular formula is C12H14ClN3O2. The lowest BCUT2D eigenvalue weighted by molar-refractivity contribution is -0.132. The van der Waals surface area contributed by atoms with E-state index in [0.717, 1.165) is 11.3 Å². The van der Waals surface area contributed by atoms with Crippen molar-refractivity contribution in [3.8, 4) is 0 Å². The van der Waals surface area contributed by atoms with Crippen molar-refractivity contribution in [3.05, 3.63) is 22.7 Å². The van der Waals surface area contributed by atoms with Gasteiger partial charge in [-0.3, -0.25) is 14.9 Å². The van der Waals surface area contributed by atoms with E-state index in [-0.39, 0.29) is 18.4 Å². The number of anilines is 2. The number of nitrogen functional groups attached to an aromatic ring is 1. The molecule has 96 valence electrons. The number of benzene rings is 1. The van der Waals surface area contributed by atoms with E-state index in [4.69, 9.17) is 17.3 Å². The summed E-state index contributed by atoms with van der Waals surface area (Å²) in [6.07, 6.45) is 0. The van der Waals surface area contributed by atoms with Crippen molar-refractivity contribution in [1.82, 2.24) is 5.32 Å². The lowest BCUT2D eigenvalue weighted by atomic mass is 10.1. The first kappa shape index (κ1) is 12.7. The summed E-state index contributed by atoms with van der Waals surface area (Å²) in [5.41, 5.74) is 7.83. The summed E-state index contributed by atoms with van der Waals surface area (Å²) in [6, 6.07) is 3.01. The first-order valence-electron chi connectivity index (χ1n) is 5.56. The number of amides is 2. The number of carbonyl (C=O) groups excluding carboxylic acids is 2. The van der Waals surface area contributed by atoms with E-state index in [1.54, 1.807) is 24.0 Å². The number of carbonyl (C=O) groups is 2. The second-order valence-electron chi connectivity index (χ2n) is 4.38. The third-order valence-corrected chi connectivity index (χ3v) is 3.38. The smallest absolute Gasteiger partial charge is 0.249 e. The van der Waals surface area contributed by atoms with Crippen LogP contribution in [0, 0.1) is 6.92 Å². The average molecular weight is 268 g/mol. The van der Waals surface area contributed by atoms with Crippen LogP contribution in [0.2, 0.25) is 5.02 Å². The van der Waals surface area contributed by atoms with Crippen LogP contribution in [0.15, 0.2) is 12.1 Å². The molecule has 1 aliphatic heterocycles. The molecule has 2 amide bonds. The summed E-state index contributed by atoms with van der Waals surface area (Å²) in [5, 5.41) is 2.71. The number of hydrogen-bond donors (Lipinski definition) is 2. The van der Waals surface area contributed by atoms with Gasteiger partial charge in [0.1, 0.15) is 6.04 Å². The maximum absolute atomic E-state index is 11.6. The van der Waals surface area contributed by atoms with Crippen LogP contribution in [0.1, 0.15) is 12.5 Å². The summed E-state index contributed by atoms with van der Waals surface area (Å²) in [5.74, 6) is -0.621. The number of aryl methyl sites for hydroxylation is 1. The van der Waals surface area contributed by atoms with Gasteiger partial charge in [-0.15, -0.1) is 0 Å². The van der Waals surface area contributed by atoms with Crippen molar-refractivity contribution in [2.45, 2.75) is 19.9 Å². The van der Waals surface area contributed by atoms with E-state index in [1.165, 1.54) is 0 Å². The summed E-state index contributed by atoms with van der Waals surface area (Å²) in [7, 11) is 0. The van der Waals surface area contributed by atoms with E-state index < -0.39 is 6.04 Å². The van der Waals surface area contributed by atoms with Crippen LogP contribution in [-0.2, 0) is 9.59 Å². The molecule has 0 bridgehead atoms. The van der Waals surface area contributed by atoms with Crippen molar-refractivity contribution in [2.75, 3.05) is 17.2 Å². The number of nitrogens with two attached hydrogens (primary N) is 1. The third kappa shape index (κ3) is 2.13. The van der Waals surface area contributed by atoms with Crippen LogP contribution in [0.3, 0.4) is 0 Å². The molecule has 6 heteroatoms. The second kappa shape index (κ2) is 4.49. The van der Waals surface area contributed by atoms with Crippen LogP contribution >= 0.6 is 11.6 Å². The normalized spacial score (nSPS) is 19.9. The number of rotatable bonds is 1. The van der Waals surface area contributed by atoms with Crippen LogP contribution in [0.25, 0.3) is 0 Å². The van der Waals surface area contributed by atoms with E-state index in [0.29, 0.717) is 10.7 Å². The van der Waals surface area contributed by atoms with Gasteiger partial charge in [0.25, 0.3) is 0 Å². The first-order valence-corrected chi connectivity index (χ1v) is 5.94. The SMILES string of the molecule is Cc1cc(N)c(Cl)cc1N1CC(=O)NC(=O)C1C. The molecule has 3 N–H and O–H groups in total. The minimum absolute atomic E-state index is 0.133. The van der Waals surface area contributed by atoms with Crippen molar-refractivity contribution >= 4 is 34.8 Å². The Hall–Kier alpha value is -1.75. The Bertz CT molecular complexity index is 530. The van der Waals surface area contributed by atoms with Crippen molar-refractivity contribution in [1.29, 1.82) is 0 Å². The van der Waals surface area contributed by atoms with E-state index in [1.807, 2.05) is 6.92 Å². The first-order chi connectivity index (χ1) is 8.40. The third-order valence-electron chi connectivity index (χ3n) is 3.05. The van der Waals surface area contributed by atoms with Gasteiger partial charge in [0, 0.05) is 5.69 Å². The molecule has 0 aliphatic carbocycles. The highest BCUT2D eigenvalue weighted by molar-refractivity contribution is 6.33. The van der Waals surface area contributed by atoms with E-state index >= 15 is 0 Å². The molecule has 0 saturated carbocycles. The largest absolute Gasteiger partial charge is 0.398 e. The van der Waals surface area contributed by atoms with Crippen LogP contribution in [0.4, 0.5) is 11.4 Å². The Balaban J connectivity index is 2.44. The Morgan fingerprint density at radius 1 is 1.44 bits per heavy atom. The number of nitrogens with zero attached hydrogens (tertiary/aromatic N) is 1. The van der Waals surface area contributed by atoms with Gasteiger partial charge in [-0.05, 0) is 31.5 Å². The summed E-state index contributed by atoms with van der Waals surface area (Å²) < 4.78 is 0.